The number of hydrogen-bond acceptors (Lipinski definition) is 7. The molecule has 0 aliphatic heterocycles. The van der Waals surface area contributed by atoms with Gasteiger partial charge in [0.05, 0.1) is 21.9 Å². The van der Waals surface area contributed by atoms with Crippen molar-refractivity contribution in [3.05, 3.63) is 64.0 Å². The molecule has 0 radical (unpaired) electrons. The van der Waals surface area contributed by atoms with Gasteiger partial charge >= 0.3 is 0 Å². The van der Waals surface area contributed by atoms with Gasteiger partial charge in [0.1, 0.15) is 5.82 Å². The van der Waals surface area contributed by atoms with Crippen LogP contribution in [-0.2, 0) is 4.79 Å². The van der Waals surface area contributed by atoms with Crippen molar-refractivity contribution in [2.24, 2.45) is 0 Å². The average molecular weight is 388 g/mol. The van der Waals surface area contributed by atoms with Crippen LogP contribution in [0.25, 0.3) is 11.5 Å². The molecule has 0 aliphatic carbocycles. The predicted molar refractivity (Wildman–Crippen MR) is 96.9 cm³/mol. The molecule has 3 aromatic rings. The van der Waals surface area contributed by atoms with Crippen molar-refractivity contribution < 1.29 is 18.5 Å². The third-order valence-corrected chi connectivity index (χ3v) is 4.42. The summed E-state index contributed by atoms with van der Waals surface area (Å²) in [5.41, 5.74) is 1.23. The molecule has 3 rings (SSSR count). The number of carbonyl (C=O) groups is 1. The van der Waals surface area contributed by atoms with E-state index in [1.807, 2.05) is 0 Å². The lowest BCUT2D eigenvalue weighted by molar-refractivity contribution is -0.385. The summed E-state index contributed by atoms with van der Waals surface area (Å²) in [6, 6.07) is 10.0. The van der Waals surface area contributed by atoms with Gasteiger partial charge in [-0.2, -0.15) is 0 Å². The van der Waals surface area contributed by atoms with Gasteiger partial charge < -0.3 is 9.73 Å². The summed E-state index contributed by atoms with van der Waals surface area (Å²) in [5, 5.41) is 21.4. The zero-order valence-electron chi connectivity index (χ0n) is 14.0. The SMILES string of the molecule is Cc1c(NC(=O)CSc2nnc(-c3ccc(F)cc3)o2)cccc1[N+](=O)[O-]. The van der Waals surface area contributed by atoms with E-state index in [0.29, 0.717) is 16.8 Å². The highest BCUT2D eigenvalue weighted by Gasteiger charge is 2.16. The number of rotatable bonds is 6. The molecule has 0 saturated heterocycles. The lowest BCUT2D eigenvalue weighted by atomic mass is 10.1. The second-order valence-electron chi connectivity index (χ2n) is 5.42. The second kappa shape index (κ2) is 7.96. The van der Waals surface area contributed by atoms with E-state index in [0.717, 1.165) is 11.8 Å². The maximum absolute atomic E-state index is 12.9. The molecule has 0 bridgehead atoms. The summed E-state index contributed by atoms with van der Waals surface area (Å²) in [6.45, 7) is 1.56. The molecule has 138 valence electrons. The van der Waals surface area contributed by atoms with E-state index in [-0.39, 0.29) is 34.3 Å². The monoisotopic (exact) mass is 388 g/mol. The maximum Gasteiger partial charge on any atom is 0.277 e. The van der Waals surface area contributed by atoms with Crippen LogP contribution >= 0.6 is 11.8 Å². The van der Waals surface area contributed by atoms with Crippen molar-refractivity contribution in [1.29, 1.82) is 0 Å². The Morgan fingerprint density at radius 1 is 1.26 bits per heavy atom. The number of hydrogen-bond donors (Lipinski definition) is 1. The van der Waals surface area contributed by atoms with Crippen LogP contribution in [0.1, 0.15) is 5.56 Å². The van der Waals surface area contributed by atoms with Gasteiger partial charge in [0, 0.05) is 11.6 Å². The second-order valence-corrected chi connectivity index (χ2v) is 6.35. The number of nitro benzene ring substituents is 1. The van der Waals surface area contributed by atoms with Gasteiger partial charge in [-0.3, -0.25) is 14.9 Å². The van der Waals surface area contributed by atoms with Crippen LogP contribution in [0.4, 0.5) is 15.8 Å². The molecule has 8 nitrogen and oxygen atoms in total. The van der Waals surface area contributed by atoms with Crippen molar-refractivity contribution in [1.82, 2.24) is 10.2 Å². The molecule has 1 amide bonds. The van der Waals surface area contributed by atoms with Gasteiger partial charge in [0.25, 0.3) is 10.9 Å². The molecule has 1 aromatic heterocycles. The Hall–Kier alpha value is -3.27. The molecular formula is C17H13FN4O4S. The van der Waals surface area contributed by atoms with Crippen LogP contribution in [0.3, 0.4) is 0 Å². The molecule has 1 heterocycles. The first-order valence-corrected chi connectivity index (χ1v) is 8.68. The van der Waals surface area contributed by atoms with Crippen molar-refractivity contribution >= 4 is 29.0 Å². The Morgan fingerprint density at radius 2 is 2.00 bits per heavy atom. The smallest absolute Gasteiger partial charge is 0.277 e. The van der Waals surface area contributed by atoms with E-state index in [1.165, 1.54) is 36.4 Å². The molecule has 2 aromatic carbocycles. The Kier molecular flexibility index (Phi) is 5.46. The van der Waals surface area contributed by atoms with E-state index in [9.17, 15) is 19.3 Å². The quantitative estimate of drug-likeness (QED) is 0.388. The number of benzene rings is 2. The Bertz CT molecular complexity index is 991. The normalized spacial score (nSPS) is 10.6. The van der Waals surface area contributed by atoms with Crippen molar-refractivity contribution in [3.63, 3.8) is 0 Å². The van der Waals surface area contributed by atoms with Crippen LogP contribution < -0.4 is 5.32 Å². The standard InChI is InChI=1S/C17H13FN4O4S/c1-10-13(3-2-4-14(10)22(24)25)19-15(23)9-27-17-21-20-16(26-17)11-5-7-12(18)8-6-11/h2-8H,9H2,1H3,(H,19,23). The average Bonchev–Trinajstić information content (AvgIpc) is 3.11. The zero-order chi connectivity index (χ0) is 19.4. The van der Waals surface area contributed by atoms with Crippen LogP contribution in [0, 0.1) is 22.9 Å². The third-order valence-electron chi connectivity index (χ3n) is 3.60. The Balaban J connectivity index is 1.61. The van der Waals surface area contributed by atoms with Crippen molar-refractivity contribution in [3.8, 4) is 11.5 Å². The minimum atomic E-state index is -0.505. The number of nitrogens with one attached hydrogen (secondary N) is 1. The molecule has 0 fully saturated rings. The number of halogens is 1. The summed E-state index contributed by atoms with van der Waals surface area (Å²) < 4.78 is 18.4. The summed E-state index contributed by atoms with van der Waals surface area (Å²) in [5.74, 6) is -0.550. The van der Waals surface area contributed by atoms with Crippen LogP contribution in [0.2, 0.25) is 0 Å². The van der Waals surface area contributed by atoms with E-state index in [4.69, 9.17) is 4.42 Å². The highest BCUT2D eigenvalue weighted by atomic mass is 32.2. The van der Waals surface area contributed by atoms with Gasteiger partial charge in [-0.25, -0.2) is 4.39 Å². The number of anilines is 1. The van der Waals surface area contributed by atoms with E-state index in [2.05, 4.69) is 15.5 Å². The van der Waals surface area contributed by atoms with E-state index < -0.39 is 4.92 Å². The largest absolute Gasteiger partial charge is 0.411 e. The minimum Gasteiger partial charge on any atom is -0.411 e. The Labute approximate surface area is 156 Å². The van der Waals surface area contributed by atoms with Crippen LogP contribution in [0.5, 0.6) is 0 Å². The zero-order valence-corrected chi connectivity index (χ0v) is 14.8. The maximum atomic E-state index is 12.9. The molecule has 27 heavy (non-hydrogen) atoms. The fraction of sp³-hybridized carbons (Fsp3) is 0.118. The third kappa shape index (κ3) is 4.47. The molecular weight excluding hydrogens is 375 g/mol. The highest BCUT2D eigenvalue weighted by molar-refractivity contribution is 7.99. The van der Waals surface area contributed by atoms with Crippen molar-refractivity contribution in [2.75, 3.05) is 11.1 Å². The molecule has 0 spiro atoms. The fourth-order valence-electron chi connectivity index (χ4n) is 2.25. The molecule has 1 N–H and O–H groups in total. The highest BCUT2D eigenvalue weighted by Crippen LogP contribution is 2.26. The lowest BCUT2D eigenvalue weighted by Gasteiger charge is -2.07. The summed E-state index contributed by atoms with van der Waals surface area (Å²) in [6.07, 6.45) is 0. The number of amides is 1. The summed E-state index contributed by atoms with van der Waals surface area (Å²) in [7, 11) is 0. The molecule has 0 atom stereocenters. The minimum absolute atomic E-state index is 0.0207. The number of carbonyl (C=O) groups excluding carboxylic acids is 1. The van der Waals surface area contributed by atoms with Gasteiger partial charge in [-0.1, -0.05) is 17.8 Å². The first-order valence-electron chi connectivity index (χ1n) is 7.70. The first kappa shape index (κ1) is 18.5. The van der Waals surface area contributed by atoms with E-state index >= 15 is 0 Å². The van der Waals surface area contributed by atoms with Gasteiger partial charge in [-0.15, -0.1) is 10.2 Å². The van der Waals surface area contributed by atoms with Crippen LogP contribution in [0.15, 0.2) is 52.1 Å². The molecule has 0 saturated carbocycles. The number of aromatic nitrogens is 2. The lowest BCUT2D eigenvalue weighted by Crippen LogP contribution is -2.15. The Morgan fingerprint density at radius 3 is 2.70 bits per heavy atom. The summed E-state index contributed by atoms with van der Waals surface area (Å²) >= 11 is 1.02. The number of nitrogens with zero attached hydrogens (tertiary/aromatic N) is 3. The van der Waals surface area contributed by atoms with Gasteiger partial charge in [-0.05, 0) is 37.3 Å². The van der Waals surface area contributed by atoms with Gasteiger partial charge in [0.2, 0.25) is 11.8 Å². The molecule has 10 heteroatoms. The first-order chi connectivity index (χ1) is 12.9. The summed E-state index contributed by atoms with van der Waals surface area (Å²) in [4.78, 5) is 22.5. The number of thioether (sulfide) groups is 1. The van der Waals surface area contributed by atoms with Crippen LogP contribution in [-0.4, -0.2) is 26.8 Å². The molecule has 0 unspecified atom stereocenters. The van der Waals surface area contributed by atoms with E-state index in [1.54, 1.807) is 13.0 Å². The number of nitro groups is 1. The van der Waals surface area contributed by atoms with Gasteiger partial charge in [0.15, 0.2) is 0 Å². The molecule has 0 aliphatic rings. The fourth-order valence-corrected chi connectivity index (χ4v) is 2.81. The van der Waals surface area contributed by atoms with Crippen molar-refractivity contribution in [2.45, 2.75) is 12.1 Å². The predicted octanol–water partition coefficient (Wildman–Crippen LogP) is 3.82. The topological polar surface area (TPSA) is 111 Å².